The fourth-order valence-corrected chi connectivity index (χ4v) is 1.43. The molecule has 0 aliphatic rings. The molecule has 0 aromatic heterocycles. The second-order valence-corrected chi connectivity index (χ2v) is 4.79. The molecule has 1 amide bonds. The van der Waals surface area contributed by atoms with Gasteiger partial charge in [-0.3, -0.25) is 4.79 Å². The summed E-state index contributed by atoms with van der Waals surface area (Å²) in [6.45, 7) is 5.10. The summed E-state index contributed by atoms with van der Waals surface area (Å²) >= 11 is 0. The van der Waals surface area contributed by atoms with Crippen molar-refractivity contribution in [3.05, 3.63) is 35.1 Å². The maximum Gasteiger partial charge on any atom is 0.254 e. The second-order valence-electron chi connectivity index (χ2n) is 4.79. The molecule has 1 N–H and O–H groups in total. The predicted octanol–water partition coefficient (Wildman–Crippen LogP) is 1.98. The number of hydrogen-bond acceptors (Lipinski definition) is 2. The summed E-state index contributed by atoms with van der Waals surface area (Å²) < 4.78 is 12.9. The monoisotopic (exact) mass is 239 g/mol. The van der Waals surface area contributed by atoms with Crippen LogP contribution in [0.25, 0.3) is 0 Å². The lowest BCUT2D eigenvalue weighted by molar-refractivity contribution is 0.0472. The highest BCUT2D eigenvalue weighted by Gasteiger charge is 2.28. The Kier molecular flexibility index (Phi) is 3.88. The number of aliphatic hydroxyl groups excluding tert-OH is 1. The van der Waals surface area contributed by atoms with Crippen molar-refractivity contribution in [2.45, 2.75) is 26.3 Å². The van der Waals surface area contributed by atoms with Gasteiger partial charge in [0.25, 0.3) is 5.91 Å². The van der Waals surface area contributed by atoms with Crippen molar-refractivity contribution in [1.29, 1.82) is 0 Å². The molecule has 17 heavy (non-hydrogen) atoms. The summed E-state index contributed by atoms with van der Waals surface area (Å²) in [6, 6.07) is 4.06. The Morgan fingerprint density at radius 1 is 1.47 bits per heavy atom. The Morgan fingerprint density at radius 3 is 2.53 bits per heavy atom. The van der Waals surface area contributed by atoms with Crippen LogP contribution in [-0.2, 0) is 0 Å². The van der Waals surface area contributed by atoms with E-state index in [1.165, 1.54) is 23.1 Å². The van der Waals surface area contributed by atoms with Gasteiger partial charge in [-0.05, 0) is 44.5 Å². The Labute approximate surface area is 101 Å². The van der Waals surface area contributed by atoms with Crippen LogP contribution in [0.1, 0.15) is 29.8 Å². The maximum atomic E-state index is 12.9. The second kappa shape index (κ2) is 4.84. The summed E-state index contributed by atoms with van der Waals surface area (Å²) in [5.41, 5.74) is 0.406. The maximum absolute atomic E-state index is 12.9. The highest BCUT2D eigenvalue weighted by molar-refractivity contribution is 5.95. The molecule has 0 saturated heterocycles. The van der Waals surface area contributed by atoms with E-state index in [2.05, 4.69) is 0 Å². The van der Waals surface area contributed by atoms with Crippen LogP contribution in [-0.4, -0.2) is 35.1 Å². The minimum absolute atomic E-state index is 0.129. The van der Waals surface area contributed by atoms with Gasteiger partial charge in [0, 0.05) is 12.6 Å². The smallest absolute Gasteiger partial charge is 0.254 e. The van der Waals surface area contributed by atoms with Crippen LogP contribution in [0.2, 0.25) is 0 Å². The van der Waals surface area contributed by atoms with Crippen molar-refractivity contribution in [2.24, 2.45) is 0 Å². The van der Waals surface area contributed by atoms with Crippen LogP contribution in [0.3, 0.4) is 0 Å². The van der Waals surface area contributed by atoms with E-state index in [9.17, 15) is 14.3 Å². The van der Waals surface area contributed by atoms with Gasteiger partial charge in [-0.25, -0.2) is 4.39 Å². The van der Waals surface area contributed by atoms with Crippen LogP contribution < -0.4 is 0 Å². The Balaban J connectivity index is 3.05. The lowest BCUT2D eigenvalue weighted by Gasteiger charge is -2.34. The fraction of sp³-hybridized carbons (Fsp3) is 0.462. The van der Waals surface area contributed by atoms with Gasteiger partial charge in [-0.2, -0.15) is 0 Å². The summed E-state index contributed by atoms with van der Waals surface area (Å²) in [6.07, 6.45) is 0. The zero-order valence-corrected chi connectivity index (χ0v) is 10.6. The predicted molar refractivity (Wildman–Crippen MR) is 64.4 cm³/mol. The van der Waals surface area contributed by atoms with E-state index < -0.39 is 5.54 Å². The van der Waals surface area contributed by atoms with E-state index in [1.54, 1.807) is 27.8 Å². The molecule has 0 aliphatic heterocycles. The van der Waals surface area contributed by atoms with E-state index in [0.29, 0.717) is 11.1 Å². The molecular weight excluding hydrogens is 221 g/mol. The number of nitrogens with zero attached hydrogens (tertiary/aromatic N) is 1. The molecule has 1 aromatic carbocycles. The van der Waals surface area contributed by atoms with E-state index in [4.69, 9.17) is 0 Å². The number of aliphatic hydroxyl groups is 1. The molecule has 0 radical (unpaired) electrons. The number of amides is 1. The molecule has 1 aromatic rings. The van der Waals surface area contributed by atoms with Gasteiger partial charge in [0.15, 0.2) is 0 Å². The number of halogens is 1. The first-order chi connectivity index (χ1) is 7.79. The number of aryl methyl sites for hydroxylation is 1. The lowest BCUT2D eigenvalue weighted by Crippen LogP contribution is -2.47. The third-order valence-corrected chi connectivity index (χ3v) is 3.02. The summed E-state index contributed by atoms with van der Waals surface area (Å²) in [5.74, 6) is -0.579. The number of carbonyl (C=O) groups excluding carboxylic acids is 1. The molecule has 3 nitrogen and oxygen atoms in total. The van der Waals surface area contributed by atoms with E-state index in [0.717, 1.165) is 0 Å². The van der Waals surface area contributed by atoms with Crippen molar-refractivity contribution in [3.63, 3.8) is 0 Å². The molecule has 0 saturated carbocycles. The van der Waals surface area contributed by atoms with Gasteiger partial charge in [-0.1, -0.05) is 0 Å². The van der Waals surface area contributed by atoms with Gasteiger partial charge in [0.2, 0.25) is 0 Å². The fourth-order valence-electron chi connectivity index (χ4n) is 1.43. The number of likely N-dealkylation sites (N-methyl/N-ethyl adjacent to an activating group) is 1. The van der Waals surface area contributed by atoms with Crippen molar-refractivity contribution in [3.8, 4) is 0 Å². The average Bonchev–Trinajstić information content (AvgIpc) is 2.27. The molecule has 0 bridgehead atoms. The summed E-state index contributed by atoms with van der Waals surface area (Å²) in [7, 11) is 1.63. The topological polar surface area (TPSA) is 40.5 Å². The molecule has 1 rings (SSSR count). The molecule has 0 fully saturated rings. The average molecular weight is 239 g/mol. The zero-order valence-electron chi connectivity index (χ0n) is 10.6. The molecule has 0 aliphatic carbocycles. The molecule has 4 heteroatoms. The normalized spacial score (nSPS) is 11.4. The quantitative estimate of drug-likeness (QED) is 0.876. The molecule has 94 valence electrons. The SMILES string of the molecule is Cc1cc(F)ccc1C(=O)N(C)C(C)(C)CO. The number of carbonyl (C=O) groups is 1. The van der Waals surface area contributed by atoms with E-state index in [-0.39, 0.29) is 18.3 Å². The lowest BCUT2D eigenvalue weighted by atomic mass is 10.0. The highest BCUT2D eigenvalue weighted by Crippen LogP contribution is 2.18. The minimum Gasteiger partial charge on any atom is -0.394 e. The third kappa shape index (κ3) is 2.82. The van der Waals surface area contributed by atoms with Crippen molar-refractivity contribution >= 4 is 5.91 Å². The molecule has 0 atom stereocenters. The first-order valence-corrected chi connectivity index (χ1v) is 5.45. The number of benzene rings is 1. The van der Waals surface area contributed by atoms with Crippen molar-refractivity contribution < 1.29 is 14.3 Å². The van der Waals surface area contributed by atoms with Crippen LogP contribution in [0.15, 0.2) is 18.2 Å². The van der Waals surface area contributed by atoms with Crippen LogP contribution >= 0.6 is 0 Å². The van der Waals surface area contributed by atoms with Crippen LogP contribution in [0.4, 0.5) is 4.39 Å². The van der Waals surface area contributed by atoms with Gasteiger partial charge >= 0.3 is 0 Å². The van der Waals surface area contributed by atoms with E-state index >= 15 is 0 Å². The minimum atomic E-state index is -0.641. The van der Waals surface area contributed by atoms with Gasteiger partial charge in [0.1, 0.15) is 5.82 Å². The molecule has 0 heterocycles. The van der Waals surface area contributed by atoms with E-state index in [1.807, 2.05) is 0 Å². The van der Waals surface area contributed by atoms with Crippen LogP contribution in [0, 0.1) is 12.7 Å². The highest BCUT2D eigenvalue weighted by atomic mass is 19.1. The molecule has 0 unspecified atom stereocenters. The Hall–Kier alpha value is -1.42. The van der Waals surface area contributed by atoms with Crippen molar-refractivity contribution in [2.75, 3.05) is 13.7 Å². The number of hydrogen-bond donors (Lipinski definition) is 1. The van der Waals surface area contributed by atoms with Gasteiger partial charge in [0.05, 0.1) is 12.1 Å². The Morgan fingerprint density at radius 2 is 2.06 bits per heavy atom. The first-order valence-electron chi connectivity index (χ1n) is 5.45. The Bertz CT molecular complexity index is 429. The number of rotatable bonds is 3. The molecular formula is C13H18FNO2. The standard InChI is InChI=1S/C13H18FNO2/c1-9-7-10(14)5-6-11(9)12(17)15(4)13(2,3)8-16/h5-7,16H,8H2,1-4H3. The summed E-state index contributed by atoms with van der Waals surface area (Å²) in [5, 5.41) is 9.22. The van der Waals surface area contributed by atoms with Crippen LogP contribution in [0.5, 0.6) is 0 Å². The molecule has 0 spiro atoms. The van der Waals surface area contributed by atoms with Gasteiger partial charge in [-0.15, -0.1) is 0 Å². The van der Waals surface area contributed by atoms with Crippen molar-refractivity contribution in [1.82, 2.24) is 4.90 Å². The van der Waals surface area contributed by atoms with Gasteiger partial charge < -0.3 is 10.0 Å². The largest absolute Gasteiger partial charge is 0.394 e. The third-order valence-electron chi connectivity index (χ3n) is 3.02. The zero-order chi connectivity index (χ0) is 13.2. The summed E-state index contributed by atoms with van der Waals surface area (Å²) in [4.78, 5) is 13.6. The first kappa shape index (κ1) is 13.6.